The van der Waals surface area contributed by atoms with Crippen LogP contribution in [0.15, 0.2) is 6.20 Å². The van der Waals surface area contributed by atoms with Gasteiger partial charge < -0.3 is 11.1 Å². The second-order valence-electron chi connectivity index (χ2n) is 4.66. The molecule has 1 aromatic rings. The second-order valence-corrected chi connectivity index (χ2v) is 4.66. The molecule has 0 aliphatic heterocycles. The Kier molecular flexibility index (Phi) is 5.09. The molecule has 0 aliphatic carbocycles. The minimum Gasteiger partial charge on any atom is -0.354 e. The first-order chi connectivity index (χ1) is 7.99. The number of hydrogen-bond donors (Lipinski definition) is 2. The van der Waals surface area contributed by atoms with Crippen molar-refractivity contribution < 1.29 is 4.79 Å². The van der Waals surface area contributed by atoms with E-state index in [-0.39, 0.29) is 18.5 Å². The highest BCUT2D eigenvalue weighted by Crippen LogP contribution is 2.03. The van der Waals surface area contributed by atoms with E-state index in [4.69, 9.17) is 5.73 Å². The first kappa shape index (κ1) is 13.6. The zero-order chi connectivity index (χ0) is 12.8. The van der Waals surface area contributed by atoms with Crippen LogP contribution in [0, 0.1) is 5.92 Å². The van der Waals surface area contributed by atoms with Gasteiger partial charge in [-0.15, -0.1) is 5.10 Å². The molecule has 0 radical (unpaired) electrons. The molecule has 1 atom stereocenters. The normalized spacial score (nSPS) is 12.8. The third-order valence-electron chi connectivity index (χ3n) is 2.37. The number of carbonyl (C=O) groups is 1. The van der Waals surface area contributed by atoms with Crippen molar-refractivity contribution in [1.29, 1.82) is 0 Å². The average molecular weight is 239 g/mol. The van der Waals surface area contributed by atoms with Crippen molar-refractivity contribution in [3.8, 4) is 0 Å². The maximum atomic E-state index is 11.5. The molecule has 0 aromatic carbocycles. The van der Waals surface area contributed by atoms with Crippen molar-refractivity contribution >= 4 is 5.91 Å². The number of amides is 1. The number of aromatic nitrogens is 3. The largest absolute Gasteiger partial charge is 0.354 e. The Labute approximate surface area is 102 Å². The van der Waals surface area contributed by atoms with E-state index in [0.29, 0.717) is 18.2 Å². The van der Waals surface area contributed by atoms with Crippen molar-refractivity contribution in [3.63, 3.8) is 0 Å². The summed E-state index contributed by atoms with van der Waals surface area (Å²) in [6, 6.07) is -0.159. The number of nitrogens with zero attached hydrogens (tertiary/aromatic N) is 3. The molecule has 0 bridgehead atoms. The molecule has 6 heteroatoms. The van der Waals surface area contributed by atoms with Crippen molar-refractivity contribution in [2.24, 2.45) is 11.7 Å². The summed E-state index contributed by atoms with van der Waals surface area (Å²) in [6.45, 7) is 6.97. The van der Waals surface area contributed by atoms with Crippen LogP contribution in [-0.2, 0) is 11.3 Å². The van der Waals surface area contributed by atoms with Gasteiger partial charge in [-0.25, -0.2) is 4.68 Å². The molecule has 0 saturated heterocycles. The summed E-state index contributed by atoms with van der Waals surface area (Å²) < 4.78 is 1.50. The fourth-order valence-electron chi connectivity index (χ4n) is 1.30. The maximum absolute atomic E-state index is 11.5. The Balaban J connectivity index is 2.34. The van der Waals surface area contributed by atoms with Gasteiger partial charge in [0.2, 0.25) is 5.91 Å². The molecule has 3 N–H and O–H groups in total. The smallest absolute Gasteiger partial charge is 0.241 e. The van der Waals surface area contributed by atoms with E-state index >= 15 is 0 Å². The lowest BCUT2D eigenvalue weighted by Crippen LogP contribution is -2.29. The van der Waals surface area contributed by atoms with Gasteiger partial charge in [0, 0.05) is 12.6 Å². The van der Waals surface area contributed by atoms with E-state index in [0.717, 1.165) is 6.42 Å². The van der Waals surface area contributed by atoms with Crippen molar-refractivity contribution in [1.82, 2.24) is 20.3 Å². The van der Waals surface area contributed by atoms with E-state index in [1.807, 2.05) is 6.92 Å². The Morgan fingerprint density at radius 2 is 2.24 bits per heavy atom. The highest BCUT2D eigenvalue weighted by atomic mass is 16.2. The number of hydrogen-bond acceptors (Lipinski definition) is 4. The van der Waals surface area contributed by atoms with Crippen LogP contribution in [0.1, 0.15) is 38.9 Å². The summed E-state index contributed by atoms with van der Waals surface area (Å²) in [5, 5.41) is 10.6. The van der Waals surface area contributed by atoms with Crippen molar-refractivity contribution in [3.05, 3.63) is 11.9 Å². The molecular weight excluding hydrogens is 218 g/mol. The fraction of sp³-hybridized carbons (Fsp3) is 0.727. The van der Waals surface area contributed by atoms with Crippen molar-refractivity contribution in [2.45, 2.75) is 39.8 Å². The van der Waals surface area contributed by atoms with Crippen LogP contribution in [0.2, 0.25) is 0 Å². The van der Waals surface area contributed by atoms with Crippen LogP contribution in [0.5, 0.6) is 0 Å². The van der Waals surface area contributed by atoms with E-state index in [1.165, 1.54) is 4.68 Å². The van der Waals surface area contributed by atoms with Crippen LogP contribution < -0.4 is 11.1 Å². The molecule has 0 spiro atoms. The van der Waals surface area contributed by atoms with Crippen LogP contribution in [-0.4, -0.2) is 27.4 Å². The van der Waals surface area contributed by atoms with Crippen LogP contribution in [0.25, 0.3) is 0 Å². The Morgan fingerprint density at radius 3 is 2.76 bits per heavy atom. The molecule has 0 aliphatic rings. The van der Waals surface area contributed by atoms with Gasteiger partial charge in [-0.2, -0.15) is 0 Å². The summed E-state index contributed by atoms with van der Waals surface area (Å²) in [5.41, 5.74) is 6.35. The summed E-state index contributed by atoms with van der Waals surface area (Å²) in [6.07, 6.45) is 2.68. The Bertz CT molecular complexity index is 358. The highest BCUT2D eigenvalue weighted by Gasteiger charge is 2.08. The first-order valence-corrected chi connectivity index (χ1v) is 5.91. The van der Waals surface area contributed by atoms with E-state index < -0.39 is 0 Å². The number of rotatable bonds is 6. The van der Waals surface area contributed by atoms with Crippen molar-refractivity contribution in [2.75, 3.05) is 6.54 Å². The van der Waals surface area contributed by atoms with Gasteiger partial charge in [0.25, 0.3) is 0 Å². The minimum absolute atomic E-state index is 0.0493. The fourth-order valence-corrected chi connectivity index (χ4v) is 1.30. The molecule has 0 fully saturated rings. The summed E-state index contributed by atoms with van der Waals surface area (Å²) in [5.74, 6) is 0.540. The number of nitrogens with two attached hydrogens (primary N) is 1. The van der Waals surface area contributed by atoms with E-state index in [1.54, 1.807) is 6.20 Å². The van der Waals surface area contributed by atoms with Gasteiger partial charge in [0.15, 0.2) is 0 Å². The zero-order valence-electron chi connectivity index (χ0n) is 10.7. The topological polar surface area (TPSA) is 85.8 Å². The van der Waals surface area contributed by atoms with E-state index in [2.05, 4.69) is 29.5 Å². The molecule has 1 aromatic heterocycles. The SMILES string of the molecule is CC(C)CCNC(=O)Cn1cc(C(C)N)nn1. The van der Waals surface area contributed by atoms with Gasteiger partial charge in [0.05, 0.1) is 11.9 Å². The lowest BCUT2D eigenvalue weighted by Gasteiger charge is -2.06. The molecule has 6 nitrogen and oxygen atoms in total. The van der Waals surface area contributed by atoms with Gasteiger partial charge in [0.1, 0.15) is 6.54 Å². The predicted molar refractivity (Wildman–Crippen MR) is 65.1 cm³/mol. The molecule has 17 heavy (non-hydrogen) atoms. The first-order valence-electron chi connectivity index (χ1n) is 5.91. The second kappa shape index (κ2) is 6.34. The van der Waals surface area contributed by atoms with Crippen LogP contribution in [0.3, 0.4) is 0 Å². The molecule has 0 saturated carbocycles. The molecule has 1 amide bonds. The third-order valence-corrected chi connectivity index (χ3v) is 2.37. The zero-order valence-corrected chi connectivity index (χ0v) is 10.7. The molecule has 1 heterocycles. The summed E-state index contributed by atoms with van der Waals surface area (Å²) in [7, 11) is 0. The van der Waals surface area contributed by atoms with Gasteiger partial charge >= 0.3 is 0 Å². The lowest BCUT2D eigenvalue weighted by atomic mass is 10.1. The summed E-state index contributed by atoms with van der Waals surface area (Å²) >= 11 is 0. The average Bonchev–Trinajstić information content (AvgIpc) is 2.65. The molecular formula is C11H21N5O. The van der Waals surface area contributed by atoms with Gasteiger partial charge in [-0.1, -0.05) is 19.1 Å². The van der Waals surface area contributed by atoms with Crippen LogP contribution in [0.4, 0.5) is 0 Å². The predicted octanol–water partition coefficient (Wildman–Crippen LogP) is 0.460. The Hall–Kier alpha value is -1.43. The molecule has 1 unspecified atom stereocenters. The monoisotopic (exact) mass is 239 g/mol. The maximum Gasteiger partial charge on any atom is 0.241 e. The molecule has 96 valence electrons. The summed E-state index contributed by atoms with van der Waals surface area (Å²) in [4.78, 5) is 11.5. The lowest BCUT2D eigenvalue weighted by molar-refractivity contribution is -0.121. The Morgan fingerprint density at radius 1 is 1.53 bits per heavy atom. The number of nitrogens with one attached hydrogen (secondary N) is 1. The third kappa shape index (κ3) is 4.95. The van der Waals surface area contributed by atoms with E-state index in [9.17, 15) is 4.79 Å². The van der Waals surface area contributed by atoms with Gasteiger partial charge in [-0.3, -0.25) is 4.79 Å². The number of carbonyl (C=O) groups excluding carboxylic acids is 1. The quantitative estimate of drug-likeness (QED) is 0.755. The van der Waals surface area contributed by atoms with Gasteiger partial charge in [-0.05, 0) is 19.3 Å². The minimum atomic E-state index is -0.159. The highest BCUT2D eigenvalue weighted by molar-refractivity contribution is 5.75. The molecule has 1 rings (SSSR count). The van der Waals surface area contributed by atoms with Crippen LogP contribution >= 0.6 is 0 Å². The standard InChI is InChI=1S/C11H21N5O/c1-8(2)4-5-13-11(17)7-16-6-10(9(3)12)14-15-16/h6,8-9H,4-5,7,12H2,1-3H3,(H,13,17).